The van der Waals surface area contributed by atoms with Gasteiger partial charge in [0.1, 0.15) is 6.61 Å². The van der Waals surface area contributed by atoms with Crippen LogP contribution in [0.4, 0.5) is 0 Å². The van der Waals surface area contributed by atoms with Crippen molar-refractivity contribution in [2.45, 2.75) is 25.5 Å². The van der Waals surface area contributed by atoms with E-state index in [1.165, 1.54) is 0 Å². The Balaban J connectivity index is 1.76. The lowest BCUT2D eigenvalue weighted by Gasteiger charge is -2.24. The van der Waals surface area contributed by atoms with E-state index < -0.39 is 0 Å². The molecule has 2 rings (SSSR count). The number of carbonyl (C=O) groups is 1. The third-order valence-electron chi connectivity index (χ3n) is 3.46. The summed E-state index contributed by atoms with van der Waals surface area (Å²) in [4.78, 5) is 13.7. The Hall–Kier alpha value is -1.10. The molecule has 1 saturated heterocycles. The lowest BCUT2D eigenvalue weighted by molar-refractivity contribution is -0.137. The average Bonchev–Trinajstić information content (AvgIpc) is 2.46. The Kier molecular flexibility index (Phi) is 5.83. The van der Waals surface area contributed by atoms with Gasteiger partial charge in [-0.05, 0) is 43.6 Å². The lowest BCUT2D eigenvalue weighted by Crippen LogP contribution is -2.36. The minimum absolute atomic E-state index is 0.00325. The van der Waals surface area contributed by atoms with Crippen LogP contribution in [0.5, 0.6) is 0 Å². The summed E-state index contributed by atoms with van der Waals surface area (Å²) in [6.45, 7) is 2.64. The van der Waals surface area contributed by atoms with E-state index >= 15 is 0 Å². The van der Waals surface area contributed by atoms with Gasteiger partial charge in [0.2, 0.25) is 5.91 Å². The van der Waals surface area contributed by atoms with Crippen LogP contribution in [0.15, 0.2) is 24.3 Å². The van der Waals surface area contributed by atoms with Crippen LogP contribution in [0, 0.1) is 0 Å². The van der Waals surface area contributed by atoms with Crippen molar-refractivity contribution < 1.29 is 9.53 Å². The number of carbonyl (C=O) groups excluding carboxylic acids is 1. The summed E-state index contributed by atoms with van der Waals surface area (Å²) in [5.74, 6) is 0.00325. The standard InChI is InChI=1S/C15H21ClN2O2/c1-18(10-12-3-2-4-13(16)9-12)15(19)11-20-14-5-7-17-8-6-14/h2-4,9,14,17H,5-8,10-11H2,1H3. The number of rotatable bonds is 5. The largest absolute Gasteiger partial charge is 0.368 e. The first-order chi connectivity index (χ1) is 9.65. The van der Waals surface area contributed by atoms with E-state index in [2.05, 4.69) is 5.32 Å². The zero-order valence-corrected chi connectivity index (χ0v) is 12.5. The maximum absolute atomic E-state index is 12.0. The van der Waals surface area contributed by atoms with E-state index in [1.54, 1.807) is 11.9 Å². The molecule has 1 aromatic carbocycles. The van der Waals surface area contributed by atoms with Crippen molar-refractivity contribution in [2.24, 2.45) is 0 Å². The molecule has 5 heteroatoms. The fourth-order valence-corrected chi connectivity index (χ4v) is 2.47. The van der Waals surface area contributed by atoms with Crippen LogP contribution in [-0.4, -0.2) is 43.7 Å². The molecule has 0 spiro atoms. The Morgan fingerprint density at radius 3 is 2.90 bits per heavy atom. The molecule has 0 aliphatic carbocycles. The van der Waals surface area contributed by atoms with Gasteiger partial charge in [-0.2, -0.15) is 0 Å². The van der Waals surface area contributed by atoms with Crippen molar-refractivity contribution in [3.05, 3.63) is 34.9 Å². The highest BCUT2D eigenvalue weighted by Gasteiger charge is 2.16. The van der Waals surface area contributed by atoms with E-state index in [1.807, 2.05) is 24.3 Å². The van der Waals surface area contributed by atoms with Crippen LogP contribution in [0.25, 0.3) is 0 Å². The first-order valence-corrected chi connectivity index (χ1v) is 7.33. The number of benzene rings is 1. The summed E-state index contributed by atoms with van der Waals surface area (Å²) in [7, 11) is 1.79. The highest BCUT2D eigenvalue weighted by atomic mass is 35.5. The molecule has 4 nitrogen and oxygen atoms in total. The van der Waals surface area contributed by atoms with Crippen molar-refractivity contribution in [1.29, 1.82) is 0 Å². The maximum atomic E-state index is 12.0. The lowest BCUT2D eigenvalue weighted by atomic mass is 10.1. The molecule has 1 aromatic rings. The third kappa shape index (κ3) is 4.78. The van der Waals surface area contributed by atoms with Crippen LogP contribution in [-0.2, 0) is 16.1 Å². The molecule has 110 valence electrons. The number of likely N-dealkylation sites (N-methyl/N-ethyl adjacent to an activating group) is 1. The van der Waals surface area contributed by atoms with E-state index in [9.17, 15) is 4.79 Å². The fraction of sp³-hybridized carbons (Fsp3) is 0.533. The normalized spacial score (nSPS) is 16.1. The second kappa shape index (κ2) is 7.62. The summed E-state index contributed by atoms with van der Waals surface area (Å²) in [6.07, 6.45) is 2.16. The van der Waals surface area contributed by atoms with Gasteiger partial charge in [-0.25, -0.2) is 0 Å². The molecule has 20 heavy (non-hydrogen) atoms. The van der Waals surface area contributed by atoms with Crippen LogP contribution in [0.3, 0.4) is 0 Å². The van der Waals surface area contributed by atoms with Crippen molar-refractivity contribution in [2.75, 3.05) is 26.7 Å². The molecule has 1 aliphatic heterocycles. The SMILES string of the molecule is CN(Cc1cccc(Cl)c1)C(=O)COC1CCNCC1. The predicted octanol–water partition coefficient (Wildman–Crippen LogP) is 2.07. The van der Waals surface area contributed by atoms with Gasteiger partial charge in [0.05, 0.1) is 6.10 Å². The second-order valence-corrected chi connectivity index (χ2v) is 5.58. The van der Waals surface area contributed by atoms with Crippen molar-refractivity contribution in [3.8, 4) is 0 Å². The zero-order valence-electron chi connectivity index (χ0n) is 11.8. The fourth-order valence-electron chi connectivity index (χ4n) is 2.26. The number of halogens is 1. The Morgan fingerprint density at radius 1 is 1.45 bits per heavy atom. The number of hydrogen-bond acceptors (Lipinski definition) is 3. The van der Waals surface area contributed by atoms with Crippen molar-refractivity contribution in [1.82, 2.24) is 10.2 Å². The Morgan fingerprint density at radius 2 is 2.20 bits per heavy atom. The smallest absolute Gasteiger partial charge is 0.248 e. The molecule has 1 amide bonds. The summed E-state index contributed by atoms with van der Waals surface area (Å²) >= 11 is 5.94. The van der Waals surface area contributed by atoms with Crippen molar-refractivity contribution >= 4 is 17.5 Å². The van der Waals surface area contributed by atoms with Gasteiger partial charge < -0.3 is 15.0 Å². The third-order valence-corrected chi connectivity index (χ3v) is 3.70. The summed E-state index contributed by atoms with van der Waals surface area (Å²) in [5.41, 5.74) is 1.02. The average molecular weight is 297 g/mol. The van der Waals surface area contributed by atoms with Gasteiger partial charge in [-0.3, -0.25) is 4.79 Å². The monoisotopic (exact) mass is 296 g/mol. The van der Waals surface area contributed by atoms with Gasteiger partial charge in [-0.15, -0.1) is 0 Å². The minimum Gasteiger partial charge on any atom is -0.368 e. The van der Waals surface area contributed by atoms with E-state index in [4.69, 9.17) is 16.3 Å². The molecular weight excluding hydrogens is 276 g/mol. The molecule has 0 bridgehead atoms. The van der Waals surface area contributed by atoms with Gasteiger partial charge in [-0.1, -0.05) is 23.7 Å². The number of nitrogens with zero attached hydrogens (tertiary/aromatic N) is 1. The predicted molar refractivity (Wildman–Crippen MR) is 79.8 cm³/mol. The molecule has 1 aliphatic rings. The molecule has 0 atom stereocenters. The molecule has 1 N–H and O–H groups in total. The zero-order chi connectivity index (χ0) is 14.4. The van der Waals surface area contributed by atoms with Gasteiger partial charge in [0.15, 0.2) is 0 Å². The van der Waals surface area contributed by atoms with Crippen LogP contribution >= 0.6 is 11.6 Å². The first-order valence-electron chi connectivity index (χ1n) is 6.96. The molecule has 1 fully saturated rings. The Bertz CT molecular complexity index is 447. The Labute approximate surface area is 125 Å². The summed E-state index contributed by atoms with van der Waals surface area (Å²) < 4.78 is 5.67. The van der Waals surface area contributed by atoms with Gasteiger partial charge in [0, 0.05) is 18.6 Å². The van der Waals surface area contributed by atoms with Crippen molar-refractivity contribution in [3.63, 3.8) is 0 Å². The van der Waals surface area contributed by atoms with Crippen LogP contribution in [0.1, 0.15) is 18.4 Å². The molecule has 0 unspecified atom stereocenters. The number of ether oxygens (including phenoxy) is 1. The number of amides is 1. The number of hydrogen-bond donors (Lipinski definition) is 1. The summed E-state index contributed by atoms with van der Waals surface area (Å²) in [5, 5.41) is 3.96. The van der Waals surface area contributed by atoms with Crippen LogP contribution < -0.4 is 5.32 Å². The highest BCUT2D eigenvalue weighted by molar-refractivity contribution is 6.30. The maximum Gasteiger partial charge on any atom is 0.248 e. The summed E-state index contributed by atoms with van der Waals surface area (Å²) in [6, 6.07) is 7.55. The van der Waals surface area contributed by atoms with Crippen LogP contribution in [0.2, 0.25) is 5.02 Å². The van der Waals surface area contributed by atoms with E-state index in [-0.39, 0.29) is 18.6 Å². The van der Waals surface area contributed by atoms with Gasteiger partial charge in [0.25, 0.3) is 0 Å². The van der Waals surface area contributed by atoms with E-state index in [0.717, 1.165) is 31.5 Å². The number of nitrogens with one attached hydrogen (secondary N) is 1. The molecule has 0 radical (unpaired) electrons. The first kappa shape index (κ1) is 15.3. The topological polar surface area (TPSA) is 41.6 Å². The minimum atomic E-state index is 0.00325. The van der Waals surface area contributed by atoms with E-state index in [0.29, 0.717) is 11.6 Å². The van der Waals surface area contributed by atoms with Gasteiger partial charge >= 0.3 is 0 Å². The quantitative estimate of drug-likeness (QED) is 0.904. The molecular formula is C15H21ClN2O2. The molecule has 1 heterocycles. The molecule has 0 aromatic heterocycles. The second-order valence-electron chi connectivity index (χ2n) is 5.14. The molecule has 0 saturated carbocycles. The number of piperidine rings is 1. The highest BCUT2D eigenvalue weighted by Crippen LogP contribution is 2.12.